The van der Waals surface area contributed by atoms with Crippen molar-refractivity contribution < 1.29 is 14.3 Å². The number of hydrogen-bond donors (Lipinski definition) is 2. The lowest BCUT2D eigenvalue weighted by atomic mass is 10.3. The van der Waals surface area contributed by atoms with Crippen LogP contribution < -0.4 is 11.1 Å². The highest BCUT2D eigenvalue weighted by Gasteiger charge is 2.15. The molecule has 7 heteroatoms. The summed E-state index contributed by atoms with van der Waals surface area (Å²) in [4.78, 5) is 22.1. The van der Waals surface area contributed by atoms with Gasteiger partial charge in [0.2, 0.25) is 0 Å². The first-order valence-corrected chi connectivity index (χ1v) is 4.31. The molecule has 0 aliphatic rings. The Hall–Kier alpha value is -2.05. The predicted molar refractivity (Wildman–Crippen MR) is 52.4 cm³/mol. The maximum absolute atomic E-state index is 11.1. The lowest BCUT2D eigenvalue weighted by Crippen LogP contribution is -2.19. The fourth-order valence-corrected chi connectivity index (χ4v) is 1.03. The van der Waals surface area contributed by atoms with Gasteiger partial charge in [-0.1, -0.05) is 0 Å². The molecule has 0 fully saturated rings. The second-order valence-corrected chi connectivity index (χ2v) is 2.74. The number of rotatable bonds is 3. The number of nitrogens with one attached hydrogen (secondary N) is 1. The van der Waals surface area contributed by atoms with Crippen LogP contribution in [0.2, 0.25) is 0 Å². The van der Waals surface area contributed by atoms with E-state index in [4.69, 9.17) is 5.73 Å². The van der Waals surface area contributed by atoms with Crippen LogP contribution in [0.3, 0.4) is 0 Å². The Labute approximate surface area is 86.2 Å². The Morgan fingerprint density at radius 3 is 2.87 bits per heavy atom. The van der Waals surface area contributed by atoms with Gasteiger partial charge in [0.25, 0.3) is 5.91 Å². The van der Waals surface area contributed by atoms with Crippen molar-refractivity contribution in [3.8, 4) is 0 Å². The predicted octanol–water partition coefficient (Wildman–Crippen LogP) is 0.0874. The summed E-state index contributed by atoms with van der Waals surface area (Å²) in [5.74, 6) is -0.434. The fraction of sp³-hybridized carbons (Fsp3) is 0.375. The van der Waals surface area contributed by atoms with E-state index < -0.39 is 12.0 Å². The molecule has 0 saturated heterocycles. The Morgan fingerprint density at radius 2 is 2.33 bits per heavy atom. The summed E-state index contributed by atoms with van der Waals surface area (Å²) in [5, 5.41) is 6.18. The highest BCUT2D eigenvalue weighted by atomic mass is 16.5. The van der Waals surface area contributed by atoms with Gasteiger partial charge in [0.15, 0.2) is 0 Å². The molecule has 1 aromatic rings. The zero-order valence-corrected chi connectivity index (χ0v) is 8.48. The molecule has 1 heterocycles. The van der Waals surface area contributed by atoms with Gasteiger partial charge in [-0.05, 0) is 6.92 Å². The number of primary amides is 1. The molecule has 1 rings (SSSR count). The van der Waals surface area contributed by atoms with Gasteiger partial charge in [-0.15, -0.1) is 0 Å². The number of aryl methyl sites for hydroxylation is 1. The van der Waals surface area contributed by atoms with Crippen molar-refractivity contribution in [1.82, 2.24) is 9.78 Å². The number of carbonyl (C=O) groups excluding carboxylic acids is 2. The smallest absolute Gasteiger partial charge is 0.412 e. The molecule has 82 valence electrons. The van der Waals surface area contributed by atoms with Crippen LogP contribution in [0, 0.1) is 0 Å². The summed E-state index contributed by atoms with van der Waals surface area (Å²) in [7, 11) is 1.58. The van der Waals surface area contributed by atoms with Gasteiger partial charge in [-0.3, -0.25) is 14.8 Å². The molecular weight excluding hydrogens is 200 g/mol. The number of amides is 2. The molecule has 0 atom stereocenters. The molecule has 0 unspecified atom stereocenters. The minimum absolute atomic E-state index is 0.144. The van der Waals surface area contributed by atoms with Gasteiger partial charge in [0, 0.05) is 7.05 Å². The third-order valence-corrected chi connectivity index (χ3v) is 1.70. The summed E-state index contributed by atoms with van der Waals surface area (Å²) in [6.45, 7) is 1.92. The number of nitrogens with zero attached hydrogens (tertiary/aromatic N) is 2. The highest BCUT2D eigenvalue weighted by Crippen LogP contribution is 2.13. The minimum atomic E-state index is -0.658. The van der Waals surface area contributed by atoms with Crippen molar-refractivity contribution in [2.24, 2.45) is 12.8 Å². The quantitative estimate of drug-likeness (QED) is 0.741. The molecular formula is C8H12N4O3. The molecule has 0 aliphatic carbocycles. The van der Waals surface area contributed by atoms with E-state index in [0.29, 0.717) is 0 Å². The number of carbonyl (C=O) groups is 2. The molecule has 2 amide bonds. The van der Waals surface area contributed by atoms with Crippen LogP contribution in [-0.2, 0) is 11.8 Å². The second kappa shape index (κ2) is 4.45. The van der Waals surface area contributed by atoms with Gasteiger partial charge in [0.1, 0.15) is 11.4 Å². The van der Waals surface area contributed by atoms with Gasteiger partial charge < -0.3 is 10.5 Å². The molecule has 15 heavy (non-hydrogen) atoms. The van der Waals surface area contributed by atoms with Crippen molar-refractivity contribution >= 4 is 17.8 Å². The summed E-state index contributed by atoms with van der Waals surface area (Å²) >= 11 is 0. The normalized spacial score (nSPS) is 9.73. The largest absolute Gasteiger partial charge is 0.450 e. The molecule has 0 bridgehead atoms. The second-order valence-electron chi connectivity index (χ2n) is 2.74. The van der Waals surface area contributed by atoms with Crippen LogP contribution >= 0.6 is 0 Å². The fourth-order valence-electron chi connectivity index (χ4n) is 1.03. The van der Waals surface area contributed by atoms with Gasteiger partial charge in [-0.25, -0.2) is 4.79 Å². The third-order valence-electron chi connectivity index (χ3n) is 1.70. The van der Waals surface area contributed by atoms with E-state index in [9.17, 15) is 9.59 Å². The molecule has 0 spiro atoms. The van der Waals surface area contributed by atoms with Crippen molar-refractivity contribution in [3.05, 3.63) is 11.8 Å². The molecule has 7 nitrogen and oxygen atoms in total. The number of aromatic nitrogens is 2. The van der Waals surface area contributed by atoms with E-state index in [1.807, 2.05) is 0 Å². The number of nitrogens with two attached hydrogens (primary N) is 1. The first-order chi connectivity index (χ1) is 7.06. The molecule has 0 radical (unpaired) electrons. The Kier molecular flexibility index (Phi) is 3.27. The van der Waals surface area contributed by atoms with E-state index >= 15 is 0 Å². The van der Waals surface area contributed by atoms with E-state index in [-0.39, 0.29) is 18.0 Å². The van der Waals surface area contributed by atoms with Crippen LogP contribution in [0.25, 0.3) is 0 Å². The summed E-state index contributed by atoms with van der Waals surface area (Å²) < 4.78 is 5.99. The van der Waals surface area contributed by atoms with Gasteiger partial charge in [-0.2, -0.15) is 5.10 Å². The first kappa shape index (κ1) is 11.0. The number of hydrogen-bond acceptors (Lipinski definition) is 4. The molecule has 1 aromatic heterocycles. The SMILES string of the molecule is CCOC(=O)Nc1c(C(N)=O)cnn1C. The lowest BCUT2D eigenvalue weighted by molar-refractivity contribution is 0.100. The summed E-state index contributed by atoms with van der Waals surface area (Å²) in [5.41, 5.74) is 5.24. The number of anilines is 1. The highest BCUT2D eigenvalue weighted by molar-refractivity contribution is 6.00. The first-order valence-electron chi connectivity index (χ1n) is 4.31. The van der Waals surface area contributed by atoms with E-state index in [1.165, 1.54) is 10.9 Å². The molecule has 0 aliphatic heterocycles. The average molecular weight is 212 g/mol. The van der Waals surface area contributed by atoms with Crippen molar-refractivity contribution in [1.29, 1.82) is 0 Å². The van der Waals surface area contributed by atoms with Gasteiger partial charge in [0.05, 0.1) is 12.8 Å². The van der Waals surface area contributed by atoms with Crippen LogP contribution in [0.5, 0.6) is 0 Å². The van der Waals surface area contributed by atoms with E-state index in [2.05, 4.69) is 15.2 Å². The van der Waals surface area contributed by atoms with Gasteiger partial charge >= 0.3 is 6.09 Å². The Balaban J connectivity index is 2.88. The zero-order chi connectivity index (χ0) is 11.4. The zero-order valence-electron chi connectivity index (χ0n) is 8.48. The number of ether oxygens (including phenoxy) is 1. The monoisotopic (exact) mass is 212 g/mol. The summed E-state index contributed by atoms with van der Waals surface area (Å²) in [6.07, 6.45) is 0.632. The molecule has 0 saturated carbocycles. The maximum atomic E-state index is 11.1. The van der Waals surface area contributed by atoms with Crippen LogP contribution in [0.15, 0.2) is 6.20 Å². The topological polar surface area (TPSA) is 99.2 Å². The van der Waals surface area contributed by atoms with Crippen LogP contribution in [-0.4, -0.2) is 28.4 Å². The van der Waals surface area contributed by atoms with Crippen molar-refractivity contribution in [3.63, 3.8) is 0 Å². The van der Waals surface area contributed by atoms with Crippen molar-refractivity contribution in [2.75, 3.05) is 11.9 Å². The Morgan fingerprint density at radius 1 is 1.67 bits per heavy atom. The van der Waals surface area contributed by atoms with E-state index in [0.717, 1.165) is 0 Å². The third kappa shape index (κ3) is 2.46. The maximum Gasteiger partial charge on any atom is 0.412 e. The van der Waals surface area contributed by atoms with Crippen molar-refractivity contribution in [2.45, 2.75) is 6.92 Å². The van der Waals surface area contributed by atoms with Crippen LogP contribution in [0.4, 0.5) is 10.6 Å². The Bertz CT molecular complexity index is 385. The molecule has 3 N–H and O–H groups in total. The average Bonchev–Trinajstić information content (AvgIpc) is 2.48. The standard InChI is InChI=1S/C8H12N4O3/c1-3-15-8(14)11-7-5(6(9)13)4-10-12(7)2/h4H,3H2,1-2H3,(H2,9,13)(H,11,14). The summed E-state index contributed by atoms with van der Waals surface area (Å²) in [6, 6.07) is 0. The van der Waals surface area contributed by atoms with E-state index in [1.54, 1.807) is 14.0 Å². The minimum Gasteiger partial charge on any atom is -0.450 e. The molecule has 0 aromatic carbocycles. The van der Waals surface area contributed by atoms with Crippen LogP contribution in [0.1, 0.15) is 17.3 Å². The lowest BCUT2D eigenvalue weighted by Gasteiger charge is -2.06.